The molecule has 0 aromatic heterocycles. The van der Waals surface area contributed by atoms with E-state index in [2.05, 4.69) is 5.48 Å². The number of hydroxylamine groups is 1. The highest BCUT2D eigenvalue weighted by Gasteiger charge is 2.00. The quantitative estimate of drug-likeness (QED) is 0.750. The molecule has 0 saturated carbocycles. The lowest BCUT2D eigenvalue weighted by molar-refractivity contribution is -0.151. The fraction of sp³-hybridized carbons (Fsp3) is 0.417. The molecule has 16 heavy (non-hydrogen) atoms. The summed E-state index contributed by atoms with van der Waals surface area (Å²) in [5.74, 6) is 0.586. The Kier molecular flexibility index (Phi) is 5.36. The lowest BCUT2D eigenvalue weighted by Crippen LogP contribution is -2.19. The summed E-state index contributed by atoms with van der Waals surface area (Å²) >= 11 is 0. The predicted molar refractivity (Wildman–Crippen MR) is 60.8 cm³/mol. The summed E-state index contributed by atoms with van der Waals surface area (Å²) in [6.07, 6.45) is 1.23. The van der Waals surface area contributed by atoms with Gasteiger partial charge < -0.3 is 9.57 Å². The predicted octanol–water partition coefficient (Wildman–Crippen LogP) is 2.04. The van der Waals surface area contributed by atoms with Gasteiger partial charge in [0, 0.05) is 6.42 Å². The van der Waals surface area contributed by atoms with Gasteiger partial charge in [-0.1, -0.05) is 19.1 Å². The summed E-state index contributed by atoms with van der Waals surface area (Å²) < 4.78 is 5.04. The first kappa shape index (κ1) is 12.5. The first-order valence-electron chi connectivity index (χ1n) is 5.31. The van der Waals surface area contributed by atoms with Crippen LogP contribution in [0.25, 0.3) is 0 Å². The summed E-state index contributed by atoms with van der Waals surface area (Å²) in [5, 5.41) is 0. The SMILES string of the molecule is CCCC(=O)ONCc1ccc(OC)cc1. The van der Waals surface area contributed by atoms with E-state index in [1.807, 2.05) is 31.2 Å². The van der Waals surface area contributed by atoms with Gasteiger partial charge in [0.05, 0.1) is 13.7 Å². The van der Waals surface area contributed by atoms with Crippen molar-refractivity contribution in [3.8, 4) is 5.75 Å². The van der Waals surface area contributed by atoms with Crippen molar-refractivity contribution in [2.24, 2.45) is 0 Å². The first-order chi connectivity index (χ1) is 7.76. The molecule has 0 aliphatic carbocycles. The zero-order chi connectivity index (χ0) is 11.8. The van der Waals surface area contributed by atoms with Crippen LogP contribution in [0.1, 0.15) is 25.3 Å². The Labute approximate surface area is 95.5 Å². The van der Waals surface area contributed by atoms with Crippen LogP contribution in [0.5, 0.6) is 5.75 Å². The molecule has 88 valence electrons. The summed E-state index contributed by atoms with van der Waals surface area (Å²) in [6.45, 7) is 2.43. The van der Waals surface area contributed by atoms with E-state index in [0.717, 1.165) is 17.7 Å². The minimum Gasteiger partial charge on any atom is -0.497 e. The van der Waals surface area contributed by atoms with Gasteiger partial charge in [0.15, 0.2) is 0 Å². The van der Waals surface area contributed by atoms with Crippen molar-refractivity contribution in [2.75, 3.05) is 7.11 Å². The van der Waals surface area contributed by atoms with Crippen LogP contribution in [-0.2, 0) is 16.2 Å². The Bertz CT molecular complexity index is 322. The molecule has 0 unspecified atom stereocenters. The molecule has 0 heterocycles. The van der Waals surface area contributed by atoms with Gasteiger partial charge in [-0.25, -0.2) is 0 Å². The Morgan fingerprint density at radius 3 is 2.56 bits per heavy atom. The maximum absolute atomic E-state index is 11.0. The van der Waals surface area contributed by atoms with E-state index >= 15 is 0 Å². The van der Waals surface area contributed by atoms with E-state index in [4.69, 9.17) is 9.57 Å². The van der Waals surface area contributed by atoms with E-state index in [-0.39, 0.29) is 5.97 Å². The highest BCUT2D eigenvalue weighted by molar-refractivity contribution is 5.68. The van der Waals surface area contributed by atoms with Crippen molar-refractivity contribution in [3.05, 3.63) is 29.8 Å². The maximum atomic E-state index is 11.0. The number of carbonyl (C=O) groups excluding carboxylic acids is 1. The molecular weight excluding hydrogens is 206 g/mol. The Morgan fingerprint density at radius 2 is 2.00 bits per heavy atom. The fourth-order valence-electron chi connectivity index (χ4n) is 1.20. The molecule has 0 saturated heterocycles. The molecule has 4 heteroatoms. The number of ether oxygens (including phenoxy) is 1. The summed E-state index contributed by atoms with van der Waals surface area (Å²) in [5.41, 5.74) is 3.67. The lowest BCUT2D eigenvalue weighted by Gasteiger charge is -2.06. The van der Waals surface area contributed by atoms with Gasteiger partial charge in [-0.05, 0) is 24.1 Å². The number of rotatable bonds is 6. The minimum absolute atomic E-state index is 0.226. The first-order valence-corrected chi connectivity index (χ1v) is 5.31. The van der Waals surface area contributed by atoms with Gasteiger partial charge in [-0.3, -0.25) is 4.79 Å². The van der Waals surface area contributed by atoms with E-state index in [1.165, 1.54) is 0 Å². The molecule has 1 aromatic carbocycles. The Hall–Kier alpha value is -1.55. The second kappa shape index (κ2) is 6.85. The zero-order valence-electron chi connectivity index (χ0n) is 9.66. The molecule has 0 spiro atoms. The van der Waals surface area contributed by atoms with Gasteiger partial charge in [0.2, 0.25) is 0 Å². The number of carbonyl (C=O) groups is 1. The topological polar surface area (TPSA) is 47.6 Å². The molecule has 4 nitrogen and oxygen atoms in total. The maximum Gasteiger partial charge on any atom is 0.324 e. The molecule has 0 bridgehead atoms. The number of hydrogen-bond acceptors (Lipinski definition) is 4. The third-order valence-electron chi connectivity index (χ3n) is 2.08. The smallest absolute Gasteiger partial charge is 0.324 e. The monoisotopic (exact) mass is 223 g/mol. The zero-order valence-corrected chi connectivity index (χ0v) is 9.66. The van der Waals surface area contributed by atoms with Crippen LogP contribution < -0.4 is 10.2 Å². The van der Waals surface area contributed by atoms with E-state index < -0.39 is 0 Å². The second-order valence-electron chi connectivity index (χ2n) is 3.39. The molecule has 1 N–H and O–H groups in total. The summed E-state index contributed by atoms with van der Waals surface area (Å²) in [6, 6.07) is 7.56. The van der Waals surface area contributed by atoms with Crippen LogP contribution in [0, 0.1) is 0 Å². The van der Waals surface area contributed by atoms with Crippen LogP contribution in [0.2, 0.25) is 0 Å². The van der Waals surface area contributed by atoms with Crippen molar-refractivity contribution < 1.29 is 14.4 Å². The molecular formula is C12H17NO3. The highest BCUT2D eigenvalue weighted by atomic mass is 16.7. The summed E-state index contributed by atoms with van der Waals surface area (Å²) in [7, 11) is 1.62. The molecule has 0 radical (unpaired) electrons. The van der Waals surface area contributed by atoms with Crippen LogP contribution >= 0.6 is 0 Å². The van der Waals surface area contributed by atoms with Crippen molar-refractivity contribution in [3.63, 3.8) is 0 Å². The van der Waals surface area contributed by atoms with Gasteiger partial charge >= 0.3 is 5.97 Å². The van der Waals surface area contributed by atoms with Gasteiger partial charge in [-0.2, -0.15) is 0 Å². The van der Waals surface area contributed by atoms with Crippen LogP contribution in [0.3, 0.4) is 0 Å². The standard InChI is InChI=1S/C12H17NO3/c1-3-4-12(14)16-13-9-10-5-7-11(15-2)8-6-10/h5-8,13H,3-4,9H2,1-2H3. The molecule has 0 aliphatic rings. The number of benzene rings is 1. The van der Waals surface area contributed by atoms with Crippen LogP contribution in [0.15, 0.2) is 24.3 Å². The van der Waals surface area contributed by atoms with E-state index in [1.54, 1.807) is 7.11 Å². The lowest BCUT2D eigenvalue weighted by atomic mass is 10.2. The van der Waals surface area contributed by atoms with Gasteiger partial charge in [-0.15, -0.1) is 5.48 Å². The average molecular weight is 223 g/mol. The molecule has 0 amide bonds. The normalized spacial score (nSPS) is 9.88. The fourth-order valence-corrected chi connectivity index (χ4v) is 1.20. The molecule has 1 aromatic rings. The van der Waals surface area contributed by atoms with Crippen LogP contribution in [-0.4, -0.2) is 13.1 Å². The summed E-state index contributed by atoms with van der Waals surface area (Å²) in [4.78, 5) is 15.9. The van der Waals surface area contributed by atoms with E-state index in [0.29, 0.717) is 13.0 Å². The van der Waals surface area contributed by atoms with Gasteiger partial charge in [0.1, 0.15) is 5.75 Å². The molecule has 0 aliphatic heterocycles. The Morgan fingerprint density at radius 1 is 1.31 bits per heavy atom. The Balaban J connectivity index is 2.29. The largest absolute Gasteiger partial charge is 0.497 e. The third kappa shape index (κ3) is 4.31. The van der Waals surface area contributed by atoms with Gasteiger partial charge in [0.25, 0.3) is 0 Å². The van der Waals surface area contributed by atoms with Crippen molar-refractivity contribution in [1.82, 2.24) is 5.48 Å². The molecule has 0 fully saturated rings. The van der Waals surface area contributed by atoms with E-state index in [9.17, 15) is 4.79 Å². The minimum atomic E-state index is -0.226. The number of hydrogen-bond donors (Lipinski definition) is 1. The second-order valence-corrected chi connectivity index (χ2v) is 3.39. The molecule has 0 atom stereocenters. The van der Waals surface area contributed by atoms with Crippen molar-refractivity contribution in [1.29, 1.82) is 0 Å². The van der Waals surface area contributed by atoms with Crippen molar-refractivity contribution >= 4 is 5.97 Å². The van der Waals surface area contributed by atoms with Crippen LogP contribution in [0.4, 0.5) is 0 Å². The number of nitrogens with one attached hydrogen (secondary N) is 1. The third-order valence-corrected chi connectivity index (χ3v) is 2.08. The highest BCUT2D eigenvalue weighted by Crippen LogP contribution is 2.10. The average Bonchev–Trinajstić information content (AvgIpc) is 2.30. The van der Waals surface area contributed by atoms with Crippen molar-refractivity contribution in [2.45, 2.75) is 26.3 Å². The number of methoxy groups -OCH3 is 1. The molecule has 1 rings (SSSR count).